The molecule has 2 rings (SSSR count). The van der Waals surface area contributed by atoms with Gasteiger partial charge in [-0.3, -0.25) is 14.4 Å². The van der Waals surface area contributed by atoms with Gasteiger partial charge in [0, 0.05) is 24.1 Å². The topological polar surface area (TPSA) is 134 Å². The summed E-state index contributed by atoms with van der Waals surface area (Å²) >= 11 is 0. The van der Waals surface area contributed by atoms with Gasteiger partial charge in [-0.15, -0.1) is 0 Å². The van der Waals surface area contributed by atoms with Crippen molar-refractivity contribution in [2.75, 3.05) is 5.32 Å². The van der Waals surface area contributed by atoms with Crippen molar-refractivity contribution in [3.63, 3.8) is 0 Å². The number of hydrazone groups is 1. The Labute approximate surface area is 174 Å². The maximum Gasteiger partial charge on any atom is 0.306 e. The SMILES string of the molecule is NN=Cc1ccc(NC(=O)CCC(=O)NC(C#Cc2ccccc2)CC(=O)O)cc1. The van der Waals surface area contributed by atoms with Crippen LogP contribution in [0, 0.1) is 11.8 Å². The highest BCUT2D eigenvalue weighted by Crippen LogP contribution is 2.09. The lowest BCUT2D eigenvalue weighted by atomic mass is 10.1. The molecule has 0 spiro atoms. The molecule has 2 aromatic carbocycles. The van der Waals surface area contributed by atoms with Gasteiger partial charge in [-0.1, -0.05) is 42.2 Å². The van der Waals surface area contributed by atoms with Gasteiger partial charge in [0.15, 0.2) is 0 Å². The number of nitrogens with one attached hydrogen (secondary N) is 2. The quantitative estimate of drug-likeness (QED) is 0.229. The Morgan fingerprint density at radius 3 is 2.33 bits per heavy atom. The lowest BCUT2D eigenvalue weighted by Crippen LogP contribution is -2.35. The summed E-state index contributed by atoms with van der Waals surface area (Å²) in [5.41, 5.74) is 2.08. The number of carbonyl (C=O) groups excluding carboxylic acids is 2. The molecule has 0 radical (unpaired) electrons. The van der Waals surface area contributed by atoms with Crippen molar-refractivity contribution < 1.29 is 19.5 Å². The second-order valence-corrected chi connectivity index (χ2v) is 6.30. The summed E-state index contributed by atoms with van der Waals surface area (Å²) < 4.78 is 0. The van der Waals surface area contributed by atoms with E-state index in [1.54, 1.807) is 36.4 Å². The zero-order valence-corrected chi connectivity index (χ0v) is 16.2. The van der Waals surface area contributed by atoms with E-state index in [-0.39, 0.29) is 25.2 Å². The summed E-state index contributed by atoms with van der Waals surface area (Å²) in [5, 5.41) is 17.7. The third-order valence-electron chi connectivity index (χ3n) is 3.88. The van der Waals surface area contributed by atoms with Crippen molar-refractivity contribution >= 4 is 29.7 Å². The van der Waals surface area contributed by atoms with Gasteiger partial charge < -0.3 is 21.6 Å². The zero-order chi connectivity index (χ0) is 21.8. The lowest BCUT2D eigenvalue weighted by molar-refractivity contribution is -0.137. The van der Waals surface area contributed by atoms with Crippen molar-refractivity contribution in [2.45, 2.75) is 25.3 Å². The van der Waals surface area contributed by atoms with E-state index in [0.29, 0.717) is 11.3 Å². The molecule has 0 heterocycles. The molecule has 2 amide bonds. The monoisotopic (exact) mass is 406 g/mol. The standard InChI is InChI=1S/C22H22N4O4/c23-24-15-17-7-9-18(10-8-17)25-20(27)12-13-21(28)26-19(14-22(29)30)11-6-16-4-2-1-3-5-16/h1-5,7-10,15,19H,12-14,23H2,(H,25,27)(H,26,28)(H,29,30). The molecule has 0 aliphatic carbocycles. The largest absolute Gasteiger partial charge is 0.481 e. The summed E-state index contributed by atoms with van der Waals surface area (Å²) in [5.74, 6) is 8.81. The van der Waals surface area contributed by atoms with Gasteiger partial charge in [0.1, 0.15) is 6.04 Å². The van der Waals surface area contributed by atoms with Crippen LogP contribution in [0.3, 0.4) is 0 Å². The normalized spacial score (nSPS) is 11.2. The Kier molecular flexibility index (Phi) is 8.62. The number of nitrogens with two attached hydrogens (primary N) is 1. The van der Waals surface area contributed by atoms with E-state index in [0.717, 1.165) is 5.56 Å². The first-order chi connectivity index (χ1) is 14.5. The maximum absolute atomic E-state index is 12.1. The zero-order valence-electron chi connectivity index (χ0n) is 16.2. The highest BCUT2D eigenvalue weighted by atomic mass is 16.4. The molecule has 30 heavy (non-hydrogen) atoms. The van der Waals surface area contributed by atoms with Crippen molar-refractivity contribution in [1.82, 2.24) is 5.32 Å². The third-order valence-corrected chi connectivity index (χ3v) is 3.88. The highest BCUT2D eigenvalue weighted by Gasteiger charge is 2.15. The summed E-state index contributed by atoms with van der Waals surface area (Å²) in [7, 11) is 0. The van der Waals surface area contributed by atoms with Crippen LogP contribution in [-0.4, -0.2) is 35.1 Å². The molecule has 0 aliphatic rings. The van der Waals surface area contributed by atoms with Crippen LogP contribution in [-0.2, 0) is 14.4 Å². The van der Waals surface area contributed by atoms with Crippen molar-refractivity contribution in [3.05, 3.63) is 65.7 Å². The molecule has 154 valence electrons. The van der Waals surface area contributed by atoms with Gasteiger partial charge in [0.2, 0.25) is 11.8 Å². The average Bonchev–Trinajstić information content (AvgIpc) is 2.72. The number of carboxylic acid groups (broad SMARTS) is 1. The molecule has 0 saturated carbocycles. The molecule has 0 bridgehead atoms. The van der Waals surface area contributed by atoms with Gasteiger partial charge in [0.25, 0.3) is 0 Å². The van der Waals surface area contributed by atoms with Crippen molar-refractivity contribution in [3.8, 4) is 11.8 Å². The molecule has 0 aliphatic heterocycles. The van der Waals surface area contributed by atoms with Gasteiger partial charge in [-0.05, 0) is 29.8 Å². The van der Waals surface area contributed by atoms with Crippen LogP contribution in [0.1, 0.15) is 30.4 Å². The number of amides is 2. The number of hydrogen-bond donors (Lipinski definition) is 4. The van der Waals surface area contributed by atoms with Crippen molar-refractivity contribution in [1.29, 1.82) is 0 Å². The number of aliphatic carboxylic acids is 1. The Balaban J connectivity index is 1.86. The molecule has 2 aromatic rings. The Morgan fingerprint density at radius 1 is 1.03 bits per heavy atom. The number of nitrogens with zero attached hydrogens (tertiary/aromatic N) is 1. The number of benzene rings is 2. The average molecular weight is 406 g/mol. The second-order valence-electron chi connectivity index (χ2n) is 6.30. The Hall–Kier alpha value is -4.12. The number of hydrogen-bond acceptors (Lipinski definition) is 5. The molecule has 1 unspecified atom stereocenters. The first-order valence-electron chi connectivity index (χ1n) is 9.17. The van der Waals surface area contributed by atoms with E-state index >= 15 is 0 Å². The van der Waals surface area contributed by atoms with Crippen LogP contribution in [0.2, 0.25) is 0 Å². The minimum Gasteiger partial charge on any atom is -0.481 e. The van der Waals surface area contributed by atoms with Crippen LogP contribution in [0.15, 0.2) is 59.7 Å². The molecule has 0 aromatic heterocycles. The molecule has 0 fully saturated rings. The Bertz CT molecular complexity index is 960. The fourth-order valence-corrected chi connectivity index (χ4v) is 2.46. The van der Waals surface area contributed by atoms with E-state index in [4.69, 9.17) is 10.9 Å². The molecule has 5 N–H and O–H groups in total. The molecule has 1 atom stereocenters. The minimum atomic E-state index is -1.08. The van der Waals surface area contributed by atoms with Crippen LogP contribution < -0.4 is 16.5 Å². The van der Waals surface area contributed by atoms with E-state index in [2.05, 4.69) is 27.6 Å². The third kappa shape index (κ3) is 8.27. The van der Waals surface area contributed by atoms with Crippen LogP contribution in [0.4, 0.5) is 5.69 Å². The first kappa shape index (κ1) is 22.2. The van der Waals surface area contributed by atoms with Crippen LogP contribution in [0.5, 0.6) is 0 Å². The summed E-state index contributed by atoms with van der Waals surface area (Å²) in [6.07, 6.45) is 0.997. The predicted octanol–water partition coefficient (Wildman–Crippen LogP) is 1.71. The fourth-order valence-electron chi connectivity index (χ4n) is 2.46. The van der Waals surface area contributed by atoms with E-state index in [1.165, 1.54) is 6.21 Å². The number of carbonyl (C=O) groups is 3. The van der Waals surface area contributed by atoms with E-state index < -0.39 is 17.9 Å². The molecule has 8 nitrogen and oxygen atoms in total. The van der Waals surface area contributed by atoms with Gasteiger partial charge in [-0.25, -0.2) is 0 Å². The van der Waals surface area contributed by atoms with E-state index in [1.807, 2.05) is 18.2 Å². The van der Waals surface area contributed by atoms with Crippen LogP contribution in [0.25, 0.3) is 0 Å². The minimum absolute atomic E-state index is 0.0518. The smallest absolute Gasteiger partial charge is 0.306 e. The highest BCUT2D eigenvalue weighted by molar-refractivity contribution is 5.93. The lowest BCUT2D eigenvalue weighted by Gasteiger charge is -2.11. The maximum atomic E-state index is 12.1. The summed E-state index contributed by atoms with van der Waals surface area (Å²) in [6, 6.07) is 15.0. The molecule has 8 heteroatoms. The summed E-state index contributed by atoms with van der Waals surface area (Å²) in [6.45, 7) is 0. The molecular weight excluding hydrogens is 384 g/mol. The number of anilines is 1. The second kappa shape index (κ2) is 11.7. The van der Waals surface area contributed by atoms with Crippen molar-refractivity contribution in [2.24, 2.45) is 10.9 Å². The van der Waals surface area contributed by atoms with Crippen LogP contribution >= 0.6 is 0 Å². The Morgan fingerprint density at radius 2 is 1.70 bits per heavy atom. The van der Waals surface area contributed by atoms with Gasteiger partial charge >= 0.3 is 5.97 Å². The summed E-state index contributed by atoms with van der Waals surface area (Å²) in [4.78, 5) is 35.2. The first-order valence-corrected chi connectivity index (χ1v) is 9.17. The predicted molar refractivity (Wildman–Crippen MR) is 114 cm³/mol. The molecular formula is C22H22N4O4. The van der Waals surface area contributed by atoms with Gasteiger partial charge in [-0.2, -0.15) is 5.10 Å². The number of rotatable bonds is 8. The van der Waals surface area contributed by atoms with Gasteiger partial charge in [0.05, 0.1) is 12.6 Å². The number of carboxylic acids is 1. The fraction of sp³-hybridized carbons (Fsp3) is 0.182. The molecule has 0 saturated heterocycles. The van der Waals surface area contributed by atoms with E-state index in [9.17, 15) is 14.4 Å².